The summed E-state index contributed by atoms with van der Waals surface area (Å²) in [4.78, 5) is 23.9. The van der Waals surface area contributed by atoms with Crippen molar-refractivity contribution in [2.75, 3.05) is 13.2 Å². The fourth-order valence-corrected chi connectivity index (χ4v) is 9.30. The number of aliphatic hydroxyl groups excluding tert-OH is 2. The summed E-state index contributed by atoms with van der Waals surface area (Å²) in [6.45, 7) is 5.21. The number of aliphatic hydroxyl groups is 2. The molecular weight excluding hydrogens is 513 g/mol. The Hall–Kier alpha value is -1.35. The van der Waals surface area contributed by atoms with Crippen molar-refractivity contribution in [3.05, 3.63) is 0 Å². The Balaban J connectivity index is 1.31. The van der Waals surface area contributed by atoms with E-state index in [1.807, 2.05) is 0 Å². The smallest absolute Gasteiger partial charge is 0.344 e. The molecule has 0 heterocycles. The van der Waals surface area contributed by atoms with E-state index in [9.17, 15) is 33.0 Å². The van der Waals surface area contributed by atoms with Gasteiger partial charge in [0.2, 0.25) is 0 Å². The van der Waals surface area contributed by atoms with Crippen molar-refractivity contribution >= 4 is 11.9 Å². The van der Waals surface area contributed by atoms with E-state index in [2.05, 4.69) is 25.5 Å². The maximum Gasteiger partial charge on any atom is 0.344 e. The molecule has 0 spiro atoms. The zero-order chi connectivity index (χ0) is 28.8. The van der Waals surface area contributed by atoms with Gasteiger partial charge in [-0.3, -0.25) is 4.79 Å². The van der Waals surface area contributed by atoms with Crippen LogP contribution in [0, 0.1) is 46.3 Å². The van der Waals surface area contributed by atoms with E-state index in [4.69, 9.17) is 4.74 Å². The summed E-state index contributed by atoms with van der Waals surface area (Å²) in [5.41, 5.74) is -0.154. The van der Waals surface area contributed by atoms with Crippen LogP contribution in [-0.4, -0.2) is 59.7 Å². The highest BCUT2D eigenvalue weighted by Gasteiger charge is 2.65. The predicted molar refractivity (Wildman–Crippen MR) is 138 cm³/mol. The first-order valence-corrected chi connectivity index (χ1v) is 14.9. The molecule has 0 aromatic carbocycles. The monoisotopic (exact) mass is 560 g/mol. The number of carbonyl (C=O) groups is 2. The Morgan fingerprint density at radius 3 is 2.44 bits per heavy atom. The van der Waals surface area contributed by atoms with E-state index in [1.54, 1.807) is 0 Å². The average Bonchev–Trinajstić information content (AvgIpc) is 3.23. The minimum Gasteiger partial charge on any atom is -0.460 e. The van der Waals surface area contributed by atoms with Gasteiger partial charge in [0.15, 0.2) is 12.8 Å². The third kappa shape index (κ3) is 5.86. The van der Waals surface area contributed by atoms with Crippen LogP contribution in [0.3, 0.4) is 0 Å². The normalized spacial score (nSPS) is 41.5. The molecule has 0 amide bonds. The Labute approximate surface area is 230 Å². The number of alkyl halides is 3. The van der Waals surface area contributed by atoms with Crippen molar-refractivity contribution in [3.63, 3.8) is 0 Å². The molecule has 9 heteroatoms. The minimum atomic E-state index is -3.62. The third-order valence-corrected chi connectivity index (χ3v) is 11.6. The highest BCUT2D eigenvalue weighted by atomic mass is 19.3. The summed E-state index contributed by atoms with van der Waals surface area (Å²) in [5.74, 6) is -3.70. The molecule has 224 valence electrons. The predicted octanol–water partition coefficient (Wildman–Crippen LogP) is 5.47. The molecule has 39 heavy (non-hydrogen) atoms. The molecule has 4 rings (SSSR count). The van der Waals surface area contributed by atoms with E-state index in [-0.39, 0.29) is 47.0 Å². The van der Waals surface area contributed by atoms with Gasteiger partial charge >= 0.3 is 11.9 Å². The second-order valence-electron chi connectivity index (χ2n) is 13.6. The van der Waals surface area contributed by atoms with Gasteiger partial charge in [-0.05, 0) is 91.3 Å². The lowest BCUT2D eigenvalue weighted by atomic mass is 9.43. The number of rotatable bonds is 9. The van der Waals surface area contributed by atoms with E-state index in [1.165, 1.54) is 25.7 Å². The largest absolute Gasteiger partial charge is 0.460 e. The minimum absolute atomic E-state index is 0.0645. The lowest BCUT2D eigenvalue weighted by Crippen LogP contribution is -2.61. The standard InChI is InChI=1S/C30H47F3O6/c1-17(8-11-25(36)39-16-26(37)38-15-23(31)30(4,32)33)19-9-10-20-27-21(14-24(35)29(19,20)3)28(2)12-6-5-7-18(28)13-22(27)34/h17-24,27,34-35H,5-16H2,1-4H3/t17-,18+,19-,20+,21+,22-,23?,24+,27+,28+,29-/m1/s1. The molecule has 0 radical (unpaired) electrons. The van der Waals surface area contributed by atoms with E-state index < -0.39 is 43.4 Å². The first-order valence-electron chi connectivity index (χ1n) is 14.9. The maximum atomic E-state index is 13.2. The van der Waals surface area contributed by atoms with Crippen LogP contribution < -0.4 is 0 Å². The van der Waals surface area contributed by atoms with Gasteiger partial charge in [-0.1, -0.05) is 33.6 Å². The molecule has 11 atom stereocenters. The van der Waals surface area contributed by atoms with Crippen LogP contribution in [0.25, 0.3) is 0 Å². The quantitative estimate of drug-likeness (QED) is 0.363. The van der Waals surface area contributed by atoms with Crippen molar-refractivity contribution in [1.29, 1.82) is 0 Å². The summed E-state index contributed by atoms with van der Waals surface area (Å²) >= 11 is 0. The Morgan fingerprint density at radius 1 is 1.03 bits per heavy atom. The average molecular weight is 561 g/mol. The highest BCUT2D eigenvalue weighted by molar-refractivity contribution is 5.76. The number of ether oxygens (including phenoxy) is 2. The fraction of sp³-hybridized carbons (Fsp3) is 0.933. The van der Waals surface area contributed by atoms with Crippen molar-refractivity contribution in [3.8, 4) is 0 Å². The number of hydrogen-bond acceptors (Lipinski definition) is 6. The lowest BCUT2D eigenvalue weighted by Gasteiger charge is -2.63. The molecule has 4 aliphatic rings. The molecule has 0 aromatic rings. The van der Waals surface area contributed by atoms with Crippen molar-refractivity contribution < 1.29 is 42.4 Å². The maximum absolute atomic E-state index is 13.2. The van der Waals surface area contributed by atoms with Crippen LogP contribution in [0.1, 0.15) is 91.9 Å². The molecule has 0 aliphatic heterocycles. The lowest BCUT2D eigenvalue weighted by molar-refractivity contribution is -0.201. The van der Waals surface area contributed by atoms with Crippen molar-refractivity contribution in [2.24, 2.45) is 46.3 Å². The molecule has 0 bridgehead atoms. The van der Waals surface area contributed by atoms with E-state index in [0.29, 0.717) is 25.2 Å². The van der Waals surface area contributed by atoms with Gasteiger partial charge in [0.1, 0.15) is 6.61 Å². The van der Waals surface area contributed by atoms with Crippen LogP contribution in [0.5, 0.6) is 0 Å². The Bertz CT molecular complexity index is 894. The first kappa shape index (κ1) is 30.6. The number of halogens is 3. The topological polar surface area (TPSA) is 93.1 Å². The van der Waals surface area contributed by atoms with Crippen LogP contribution in [0.2, 0.25) is 0 Å². The molecule has 2 N–H and O–H groups in total. The van der Waals surface area contributed by atoms with Gasteiger partial charge in [-0.25, -0.2) is 18.0 Å². The number of carbonyl (C=O) groups excluding carboxylic acids is 2. The summed E-state index contributed by atoms with van der Waals surface area (Å²) in [7, 11) is 0. The number of hydrogen-bond donors (Lipinski definition) is 2. The van der Waals surface area contributed by atoms with Gasteiger partial charge in [-0.2, -0.15) is 0 Å². The molecule has 1 unspecified atom stereocenters. The molecule has 4 aliphatic carbocycles. The van der Waals surface area contributed by atoms with Crippen LogP contribution in [0.4, 0.5) is 13.2 Å². The number of esters is 2. The van der Waals surface area contributed by atoms with Gasteiger partial charge in [-0.15, -0.1) is 0 Å². The van der Waals surface area contributed by atoms with Gasteiger partial charge in [0.05, 0.1) is 12.2 Å². The van der Waals surface area contributed by atoms with Crippen molar-refractivity contribution in [1.82, 2.24) is 0 Å². The third-order valence-electron chi connectivity index (χ3n) is 11.6. The first-order chi connectivity index (χ1) is 18.2. The van der Waals surface area contributed by atoms with Crippen LogP contribution in [-0.2, 0) is 19.1 Å². The van der Waals surface area contributed by atoms with E-state index in [0.717, 1.165) is 25.7 Å². The zero-order valence-electron chi connectivity index (χ0n) is 23.8. The van der Waals surface area contributed by atoms with E-state index >= 15 is 0 Å². The Morgan fingerprint density at radius 2 is 1.74 bits per heavy atom. The van der Waals surface area contributed by atoms with Gasteiger partial charge < -0.3 is 19.7 Å². The second kappa shape index (κ2) is 11.5. The second-order valence-corrected chi connectivity index (χ2v) is 13.6. The fourth-order valence-electron chi connectivity index (χ4n) is 9.30. The van der Waals surface area contributed by atoms with Crippen molar-refractivity contribution in [2.45, 2.75) is 116 Å². The molecule has 4 saturated carbocycles. The van der Waals surface area contributed by atoms with Gasteiger partial charge in [0.25, 0.3) is 5.92 Å². The molecule has 4 fully saturated rings. The SMILES string of the molecule is C[C@H](CCC(=O)OCC(=O)OCC(F)C(C)(F)F)[C@H]1CC[C@H]2[C@@H]3[C@H](O)C[C@@H]4CCCC[C@]4(C)[C@H]3C[C@H](O)[C@]12C. The molecule has 0 saturated heterocycles. The highest BCUT2D eigenvalue weighted by Crippen LogP contribution is 2.68. The summed E-state index contributed by atoms with van der Waals surface area (Å²) in [6, 6.07) is 0. The molecule has 0 aromatic heterocycles. The molecule has 6 nitrogen and oxygen atoms in total. The Kier molecular flexibility index (Phi) is 9.02. The van der Waals surface area contributed by atoms with Gasteiger partial charge in [0, 0.05) is 13.3 Å². The summed E-state index contributed by atoms with van der Waals surface area (Å²) in [6.07, 6.45) is 5.45. The molecular formula is C30H47F3O6. The number of fused-ring (bicyclic) bond motifs is 5. The van der Waals surface area contributed by atoms with Crippen LogP contribution in [0.15, 0.2) is 0 Å². The summed E-state index contributed by atoms with van der Waals surface area (Å²) < 4.78 is 48.3. The van der Waals surface area contributed by atoms with Crippen LogP contribution >= 0.6 is 0 Å². The summed E-state index contributed by atoms with van der Waals surface area (Å²) in [5, 5.41) is 23.0. The zero-order valence-corrected chi connectivity index (χ0v) is 23.8.